The molecule has 6 aliphatic rings. The molecule has 0 aromatic carbocycles. The molecule has 0 atom stereocenters. The van der Waals surface area contributed by atoms with Crippen LogP contribution in [0.1, 0.15) is 77.0 Å². The molecule has 0 aromatic rings. The molecule has 2 N–H and O–H groups in total. The van der Waals surface area contributed by atoms with Crippen LogP contribution in [0.2, 0.25) is 0 Å². The van der Waals surface area contributed by atoms with Crippen molar-refractivity contribution in [2.45, 2.75) is 94.3 Å². The maximum Gasteiger partial charge on any atom is 0.411 e. The highest BCUT2D eigenvalue weighted by Crippen LogP contribution is 2.50. The van der Waals surface area contributed by atoms with Gasteiger partial charge in [0, 0.05) is 24.5 Å². The smallest absolute Gasteiger partial charge is 0.350 e. The summed E-state index contributed by atoms with van der Waals surface area (Å²) in [4.78, 5) is 27.0. The monoisotopic (exact) mass is 441 g/mol. The van der Waals surface area contributed by atoms with E-state index in [0.29, 0.717) is 0 Å². The highest BCUT2D eigenvalue weighted by atomic mass is 19.4. The second-order valence-electron chi connectivity index (χ2n) is 11.3. The van der Waals surface area contributed by atoms with Gasteiger partial charge in [-0.05, 0) is 88.4 Å². The van der Waals surface area contributed by atoms with E-state index in [2.05, 4.69) is 10.6 Å². The number of likely N-dealkylation sites (tertiary alicyclic amines) is 1. The number of alkyl halides is 3. The van der Waals surface area contributed by atoms with Gasteiger partial charge in [0.2, 0.25) is 11.8 Å². The number of nitrogens with zero attached hydrogens (tertiary/aromatic N) is 1. The van der Waals surface area contributed by atoms with Crippen LogP contribution in [-0.2, 0) is 9.59 Å². The molecular formula is C23H34F3N3O2. The Morgan fingerprint density at radius 3 is 1.94 bits per heavy atom. The Labute approximate surface area is 181 Å². The first-order chi connectivity index (χ1) is 14.6. The molecular weight excluding hydrogens is 407 g/mol. The molecule has 1 heterocycles. The van der Waals surface area contributed by atoms with Crippen LogP contribution in [0.25, 0.3) is 0 Å². The number of nitrogens with one attached hydrogen (secondary N) is 2. The molecule has 6 fully saturated rings. The minimum Gasteiger partial charge on any atom is -0.350 e. The van der Waals surface area contributed by atoms with E-state index >= 15 is 0 Å². The van der Waals surface area contributed by atoms with E-state index in [0.717, 1.165) is 64.0 Å². The fraction of sp³-hybridized carbons (Fsp3) is 0.913. The number of hydrogen-bond acceptors (Lipinski definition) is 3. The topological polar surface area (TPSA) is 61.4 Å². The van der Waals surface area contributed by atoms with Crippen molar-refractivity contribution in [3.8, 4) is 0 Å². The van der Waals surface area contributed by atoms with Crippen LogP contribution in [0.4, 0.5) is 13.2 Å². The van der Waals surface area contributed by atoms with Gasteiger partial charge >= 0.3 is 6.18 Å². The van der Waals surface area contributed by atoms with E-state index in [1.807, 2.05) is 4.90 Å². The minimum absolute atomic E-state index is 0.0164. The summed E-state index contributed by atoms with van der Waals surface area (Å²) in [5, 5.41) is 5.65. The van der Waals surface area contributed by atoms with Crippen molar-refractivity contribution in [1.82, 2.24) is 15.5 Å². The highest BCUT2D eigenvalue weighted by Gasteiger charge is 2.64. The molecule has 6 rings (SSSR count). The number of carbonyl (C=O) groups is 2. The van der Waals surface area contributed by atoms with Gasteiger partial charge in [-0.15, -0.1) is 0 Å². The zero-order valence-corrected chi connectivity index (χ0v) is 18.2. The fourth-order valence-corrected chi connectivity index (χ4v) is 6.74. The Morgan fingerprint density at radius 2 is 1.42 bits per heavy atom. The van der Waals surface area contributed by atoms with E-state index in [1.54, 1.807) is 0 Å². The highest BCUT2D eigenvalue weighted by molar-refractivity contribution is 5.80. The average molecular weight is 442 g/mol. The molecule has 5 saturated carbocycles. The summed E-state index contributed by atoms with van der Waals surface area (Å²) in [5.74, 6) is 0.658. The molecule has 5 nitrogen and oxygen atoms in total. The van der Waals surface area contributed by atoms with E-state index in [1.165, 1.54) is 19.3 Å². The number of halogens is 3. The van der Waals surface area contributed by atoms with Crippen LogP contribution in [-0.4, -0.2) is 53.6 Å². The Bertz CT molecular complexity index is 711. The summed E-state index contributed by atoms with van der Waals surface area (Å²) in [6.07, 6.45) is 6.43. The quantitative estimate of drug-likeness (QED) is 0.686. The van der Waals surface area contributed by atoms with Gasteiger partial charge < -0.3 is 10.6 Å². The van der Waals surface area contributed by atoms with Crippen LogP contribution < -0.4 is 10.6 Å². The molecule has 0 radical (unpaired) electrons. The third-order valence-electron chi connectivity index (χ3n) is 9.06. The first-order valence-electron chi connectivity index (χ1n) is 12.0. The summed E-state index contributed by atoms with van der Waals surface area (Å²) in [7, 11) is 0. The second-order valence-corrected chi connectivity index (χ2v) is 11.3. The van der Waals surface area contributed by atoms with Crippen molar-refractivity contribution in [2.75, 3.05) is 19.6 Å². The van der Waals surface area contributed by atoms with Gasteiger partial charge in [0.15, 0.2) is 0 Å². The summed E-state index contributed by atoms with van der Waals surface area (Å²) >= 11 is 0. The van der Waals surface area contributed by atoms with Gasteiger partial charge in [-0.1, -0.05) is 0 Å². The van der Waals surface area contributed by atoms with E-state index in [4.69, 9.17) is 0 Å². The van der Waals surface area contributed by atoms with Crippen molar-refractivity contribution < 1.29 is 22.8 Å². The van der Waals surface area contributed by atoms with Gasteiger partial charge in [-0.2, -0.15) is 13.2 Å². The largest absolute Gasteiger partial charge is 0.411 e. The molecule has 31 heavy (non-hydrogen) atoms. The third-order valence-corrected chi connectivity index (χ3v) is 9.06. The molecule has 1 spiro atoms. The SMILES string of the molecule is O=C(CN1CC2(CCC(C(=O)NC34CCC(CC3)CC4)CC2)C1)NC1(C(F)(F)F)CC1. The molecule has 1 saturated heterocycles. The summed E-state index contributed by atoms with van der Waals surface area (Å²) in [5.41, 5.74) is -1.79. The summed E-state index contributed by atoms with van der Waals surface area (Å²) in [6.45, 7) is 1.53. The van der Waals surface area contributed by atoms with E-state index in [-0.39, 0.29) is 42.2 Å². The van der Waals surface area contributed by atoms with Crippen molar-refractivity contribution in [2.24, 2.45) is 17.3 Å². The van der Waals surface area contributed by atoms with Crippen LogP contribution in [0.3, 0.4) is 0 Å². The molecule has 0 unspecified atom stereocenters. The lowest BCUT2D eigenvalue weighted by atomic mass is 9.64. The molecule has 0 aromatic heterocycles. The van der Waals surface area contributed by atoms with Crippen molar-refractivity contribution in [3.05, 3.63) is 0 Å². The molecule has 2 amide bonds. The fourth-order valence-electron chi connectivity index (χ4n) is 6.74. The van der Waals surface area contributed by atoms with E-state index in [9.17, 15) is 22.8 Å². The standard InChI is InChI=1S/C23H34F3N3O2/c24-23(25,26)22(11-12-22)27-18(30)13-29-14-20(15-29)6-4-17(5-7-20)19(31)28-21-8-1-16(2-9-21)3-10-21/h16-17H,1-15H2,(H,27,30)(H,28,31). The molecule has 174 valence electrons. The molecule has 8 heteroatoms. The maximum atomic E-state index is 13.0. The van der Waals surface area contributed by atoms with Crippen molar-refractivity contribution >= 4 is 11.8 Å². The predicted octanol–water partition coefficient (Wildman–Crippen LogP) is 3.53. The minimum atomic E-state index is -4.37. The summed E-state index contributed by atoms with van der Waals surface area (Å²) < 4.78 is 39.0. The molecule has 2 bridgehead atoms. The van der Waals surface area contributed by atoms with Gasteiger partial charge in [-0.3, -0.25) is 14.5 Å². The third kappa shape index (κ3) is 4.09. The number of rotatable bonds is 5. The maximum absolute atomic E-state index is 13.0. The number of amides is 2. The molecule has 5 aliphatic carbocycles. The second kappa shape index (κ2) is 7.35. The van der Waals surface area contributed by atoms with E-state index < -0.39 is 17.6 Å². The number of hydrogen-bond donors (Lipinski definition) is 2. The Morgan fingerprint density at radius 1 is 0.839 bits per heavy atom. The molecule has 1 aliphatic heterocycles. The zero-order valence-electron chi connectivity index (χ0n) is 18.2. The van der Waals surface area contributed by atoms with Crippen LogP contribution in [0.15, 0.2) is 0 Å². The lowest BCUT2D eigenvalue weighted by molar-refractivity contribution is -0.171. The number of fused-ring (bicyclic) bond motifs is 3. The van der Waals surface area contributed by atoms with Crippen LogP contribution in [0, 0.1) is 17.3 Å². The van der Waals surface area contributed by atoms with Gasteiger partial charge in [0.05, 0.1) is 6.54 Å². The Hall–Kier alpha value is -1.31. The summed E-state index contributed by atoms with van der Waals surface area (Å²) in [6, 6.07) is 0. The first kappa shape index (κ1) is 21.5. The normalized spacial score (nSPS) is 34.2. The first-order valence-corrected chi connectivity index (χ1v) is 12.0. The van der Waals surface area contributed by atoms with Crippen molar-refractivity contribution in [1.29, 1.82) is 0 Å². The lowest BCUT2D eigenvalue weighted by Crippen LogP contribution is -2.61. The number of carbonyl (C=O) groups excluding carboxylic acids is 2. The Kier molecular flexibility index (Phi) is 5.11. The predicted molar refractivity (Wildman–Crippen MR) is 109 cm³/mol. The lowest BCUT2D eigenvalue weighted by Gasteiger charge is -2.53. The Balaban J connectivity index is 1.05. The van der Waals surface area contributed by atoms with Gasteiger partial charge in [0.25, 0.3) is 0 Å². The zero-order chi connectivity index (χ0) is 21.9. The average Bonchev–Trinajstić information content (AvgIpc) is 3.49. The van der Waals surface area contributed by atoms with Crippen LogP contribution in [0.5, 0.6) is 0 Å². The van der Waals surface area contributed by atoms with Gasteiger partial charge in [-0.25, -0.2) is 0 Å². The van der Waals surface area contributed by atoms with Gasteiger partial charge in [0.1, 0.15) is 5.54 Å². The van der Waals surface area contributed by atoms with Crippen LogP contribution >= 0.6 is 0 Å². The van der Waals surface area contributed by atoms with Crippen molar-refractivity contribution in [3.63, 3.8) is 0 Å².